The zero-order valence-corrected chi connectivity index (χ0v) is 13.8. The number of amides is 1. The van der Waals surface area contributed by atoms with Crippen molar-refractivity contribution in [3.05, 3.63) is 47.7 Å². The van der Waals surface area contributed by atoms with Crippen LogP contribution in [0.4, 0.5) is 0 Å². The summed E-state index contributed by atoms with van der Waals surface area (Å²) in [4.78, 5) is 19.6. The number of ether oxygens (including phenoxy) is 1. The van der Waals surface area contributed by atoms with E-state index in [4.69, 9.17) is 9.26 Å². The third kappa shape index (κ3) is 3.56. The van der Waals surface area contributed by atoms with Crippen LogP contribution in [0, 0.1) is 0 Å². The van der Waals surface area contributed by atoms with Gasteiger partial charge in [0.2, 0.25) is 5.91 Å². The molecule has 1 aliphatic rings. The number of para-hydroxylation sites is 1. The monoisotopic (exact) mass is 340 g/mol. The van der Waals surface area contributed by atoms with Crippen LogP contribution < -0.4 is 5.32 Å². The number of aryl methyl sites for hydroxylation is 1. The Labute approximate surface area is 144 Å². The lowest BCUT2D eigenvalue weighted by Gasteiger charge is -2.02. The highest BCUT2D eigenvalue weighted by Gasteiger charge is 2.23. The van der Waals surface area contributed by atoms with Gasteiger partial charge in [-0.25, -0.2) is 0 Å². The highest BCUT2D eigenvalue weighted by molar-refractivity contribution is 5.84. The van der Waals surface area contributed by atoms with E-state index in [-0.39, 0.29) is 18.6 Å². The molecule has 0 saturated carbocycles. The van der Waals surface area contributed by atoms with Gasteiger partial charge < -0.3 is 19.6 Å². The van der Waals surface area contributed by atoms with Crippen molar-refractivity contribution >= 4 is 16.8 Å². The minimum atomic E-state index is -0.0983. The Morgan fingerprint density at radius 1 is 1.36 bits per heavy atom. The summed E-state index contributed by atoms with van der Waals surface area (Å²) in [5.41, 5.74) is 2.23. The van der Waals surface area contributed by atoms with Crippen LogP contribution in [0.15, 0.2) is 35.0 Å². The summed E-state index contributed by atoms with van der Waals surface area (Å²) in [6.45, 7) is 0.996. The van der Waals surface area contributed by atoms with Crippen molar-refractivity contribution in [3.63, 3.8) is 0 Å². The molecule has 1 aliphatic heterocycles. The van der Waals surface area contributed by atoms with Crippen LogP contribution in [0.2, 0.25) is 0 Å². The molecular formula is C18H20N4O3. The smallest absolute Gasteiger partial charge is 0.255 e. The molecule has 1 aromatic carbocycles. The molecule has 0 unspecified atom stereocenters. The molecule has 1 fully saturated rings. The van der Waals surface area contributed by atoms with Gasteiger partial charge in [0, 0.05) is 30.1 Å². The average molecular weight is 340 g/mol. The first kappa shape index (κ1) is 15.8. The summed E-state index contributed by atoms with van der Waals surface area (Å²) in [5.74, 6) is 0.945. The van der Waals surface area contributed by atoms with E-state index in [1.165, 1.54) is 0 Å². The second-order valence-corrected chi connectivity index (χ2v) is 6.19. The average Bonchev–Trinajstić information content (AvgIpc) is 3.38. The fraction of sp³-hybridized carbons (Fsp3) is 0.389. The molecule has 7 heteroatoms. The summed E-state index contributed by atoms with van der Waals surface area (Å²) >= 11 is 0. The Balaban J connectivity index is 1.28. The Bertz CT molecular complexity index is 864. The first-order valence-electron chi connectivity index (χ1n) is 8.55. The quantitative estimate of drug-likeness (QED) is 0.719. The SMILES string of the molecule is O=C(CCc1c[nH]c2ccccc12)NCc1noc([C@@H]2CCCO2)n1. The van der Waals surface area contributed by atoms with Crippen molar-refractivity contribution in [1.29, 1.82) is 0 Å². The molecule has 1 saturated heterocycles. The third-order valence-electron chi connectivity index (χ3n) is 4.43. The predicted octanol–water partition coefficient (Wildman–Crippen LogP) is 2.65. The van der Waals surface area contributed by atoms with Gasteiger partial charge in [0.25, 0.3) is 5.89 Å². The third-order valence-corrected chi connectivity index (χ3v) is 4.43. The Hall–Kier alpha value is -2.67. The van der Waals surface area contributed by atoms with E-state index in [9.17, 15) is 4.79 Å². The number of hydrogen-bond donors (Lipinski definition) is 2. The number of fused-ring (bicyclic) bond motifs is 1. The van der Waals surface area contributed by atoms with E-state index < -0.39 is 0 Å². The number of H-pyrrole nitrogens is 1. The summed E-state index contributed by atoms with van der Waals surface area (Å²) in [5, 5.41) is 7.90. The van der Waals surface area contributed by atoms with Crippen molar-refractivity contribution in [2.24, 2.45) is 0 Å². The molecule has 2 N–H and O–H groups in total. The van der Waals surface area contributed by atoms with Gasteiger partial charge in [-0.1, -0.05) is 23.4 Å². The molecule has 130 valence electrons. The minimum Gasteiger partial charge on any atom is -0.368 e. The summed E-state index contributed by atoms with van der Waals surface area (Å²) in [6, 6.07) is 8.08. The zero-order valence-electron chi connectivity index (χ0n) is 13.8. The number of rotatable bonds is 6. The molecule has 2 aromatic heterocycles. The van der Waals surface area contributed by atoms with E-state index in [0.717, 1.165) is 35.9 Å². The van der Waals surface area contributed by atoms with Crippen LogP contribution in [0.1, 0.15) is 42.6 Å². The van der Waals surface area contributed by atoms with Crippen LogP contribution in [0.25, 0.3) is 10.9 Å². The van der Waals surface area contributed by atoms with Crippen molar-refractivity contribution in [2.75, 3.05) is 6.61 Å². The predicted molar refractivity (Wildman–Crippen MR) is 90.7 cm³/mol. The van der Waals surface area contributed by atoms with E-state index in [2.05, 4.69) is 26.5 Å². The molecule has 0 spiro atoms. The van der Waals surface area contributed by atoms with Crippen LogP contribution in [-0.4, -0.2) is 27.6 Å². The zero-order chi connectivity index (χ0) is 17.1. The molecule has 4 rings (SSSR count). The van der Waals surface area contributed by atoms with Crippen molar-refractivity contribution in [2.45, 2.75) is 38.3 Å². The molecular weight excluding hydrogens is 320 g/mol. The summed E-state index contributed by atoms with van der Waals surface area (Å²) in [7, 11) is 0. The topological polar surface area (TPSA) is 93.0 Å². The largest absolute Gasteiger partial charge is 0.368 e. The Morgan fingerprint density at radius 3 is 3.16 bits per heavy atom. The first-order chi connectivity index (χ1) is 12.3. The Morgan fingerprint density at radius 2 is 2.28 bits per heavy atom. The molecule has 0 bridgehead atoms. The van der Waals surface area contributed by atoms with Gasteiger partial charge in [-0.2, -0.15) is 4.98 Å². The normalized spacial score (nSPS) is 17.2. The van der Waals surface area contributed by atoms with Crippen LogP contribution in [-0.2, 0) is 22.5 Å². The lowest BCUT2D eigenvalue weighted by atomic mass is 10.1. The maximum atomic E-state index is 12.1. The van der Waals surface area contributed by atoms with Crippen LogP contribution in [0.5, 0.6) is 0 Å². The molecule has 0 aliphatic carbocycles. The molecule has 7 nitrogen and oxygen atoms in total. The molecule has 3 aromatic rings. The van der Waals surface area contributed by atoms with Gasteiger partial charge in [-0.3, -0.25) is 4.79 Å². The first-order valence-corrected chi connectivity index (χ1v) is 8.55. The molecule has 1 amide bonds. The number of aromatic amines is 1. The standard InChI is InChI=1S/C18H20N4O3/c23-17(8-7-12-10-19-14-5-2-1-4-13(12)14)20-11-16-21-18(25-22-16)15-6-3-9-24-15/h1-2,4-5,10,15,19H,3,6-9,11H2,(H,20,23)/t15-/m0/s1. The van der Waals surface area contributed by atoms with Gasteiger partial charge in [0.15, 0.2) is 5.82 Å². The fourth-order valence-electron chi connectivity index (χ4n) is 3.10. The lowest BCUT2D eigenvalue weighted by Crippen LogP contribution is -2.23. The van der Waals surface area contributed by atoms with Gasteiger partial charge in [-0.15, -0.1) is 0 Å². The van der Waals surface area contributed by atoms with Crippen molar-refractivity contribution < 1.29 is 14.1 Å². The number of nitrogens with zero attached hydrogens (tertiary/aromatic N) is 2. The number of carbonyl (C=O) groups excluding carboxylic acids is 1. The summed E-state index contributed by atoms with van der Waals surface area (Å²) in [6.07, 6.45) is 4.87. The van der Waals surface area contributed by atoms with E-state index in [1.54, 1.807) is 0 Å². The minimum absolute atomic E-state index is 0.0336. The maximum absolute atomic E-state index is 12.1. The highest BCUT2D eigenvalue weighted by atomic mass is 16.5. The maximum Gasteiger partial charge on any atom is 0.255 e. The van der Waals surface area contributed by atoms with Gasteiger partial charge in [0.1, 0.15) is 6.10 Å². The van der Waals surface area contributed by atoms with Gasteiger partial charge in [-0.05, 0) is 30.9 Å². The fourth-order valence-corrected chi connectivity index (χ4v) is 3.10. The number of carbonyl (C=O) groups is 1. The number of aromatic nitrogens is 3. The summed E-state index contributed by atoms with van der Waals surface area (Å²) < 4.78 is 10.7. The Kier molecular flexibility index (Phi) is 4.47. The number of hydrogen-bond acceptors (Lipinski definition) is 5. The molecule has 25 heavy (non-hydrogen) atoms. The molecule has 1 atom stereocenters. The molecule has 3 heterocycles. The van der Waals surface area contributed by atoms with Gasteiger partial charge in [0.05, 0.1) is 6.54 Å². The van der Waals surface area contributed by atoms with Crippen LogP contribution in [0.3, 0.4) is 0 Å². The number of benzene rings is 1. The second-order valence-electron chi connectivity index (χ2n) is 6.19. The van der Waals surface area contributed by atoms with Crippen molar-refractivity contribution in [1.82, 2.24) is 20.4 Å². The van der Waals surface area contributed by atoms with Crippen molar-refractivity contribution in [3.8, 4) is 0 Å². The van der Waals surface area contributed by atoms with Crippen LogP contribution >= 0.6 is 0 Å². The molecule has 0 radical (unpaired) electrons. The van der Waals surface area contributed by atoms with E-state index >= 15 is 0 Å². The van der Waals surface area contributed by atoms with E-state index in [1.807, 2.05) is 24.4 Å². The lowest BCUT2D eigenvalue weighted by molar-refractivity contribution is -0.121. The second kappa shape index (κ2) is 7.06. The highest BCUT2D eigenvalue weighted by Crippen LogP contribution is 2.26. The van der Waals surface area contributed by atoms with Gasteiger partial charge >= 0.3 is 0 Å². The number of nitrogens with one attached hydrogen (secondary N) is 2. The van der Waals surface area contributed by atoms with E-state index in [0.29, 0.717) is 24.6 Å².